The van der Waals surface area contributed by atoms with E-state index in [2.05, 4.69) is 16.3 Å². The Hall–Kier alpha value is -1.85. The number of carbonyl (C=O) groups excluding carboxylic acids is 1. The Labute approximate surface area is 149 Å². The van der Waals surface area contributed by atoms with E-state index in [4.69, 9.17) is 4.74 Å². The number of hydrogen-bond acceptors (Lipinski definition) is 4. The highest BCUT2D eigenvalue weighted by atomic mass is 16.5. The van der Waals surface area contributed by atoms with Gasteiger partial charge in [0.1, 0.15) is 5.75 Å². The molecule has 1 atom stereocenters. The highest BCUT2D eigenvalue weighted by Gasteiger charge is 2.22. The van der Waals surface area contributed by atoms with E-state index in [1.807, 2.05) is 18.2 Å². The molecule has 1 aromatic rings. The summed E-state index contributed by atoms with van der Waals surface area (Å²) in [5, 5.41) is 12.2. The molecular formula is C20H28N2O3. The van der Waals surface area contributed by atoms with Crippen LogP contribution < -0.4 is 10.1 Å². The summed E-state index contributed by atoms with van der Waals surface area (Å²) in [7, 11) is 0. The molecule has 5 heteroatoms. The fourth-order valence-corrected chi connectivity index (χ4v) is 3.59. The quantitative estimate of drug-likeness (QED) is 0.559. The minimum Gasteiger partial charge on any atom is -0.493 e. The number of nitrogens with zero attached hydrogens (tertiary/aromatic N) is 1. The van der Waals surface area contributed by atoms with E-state index < -0.39 is 0 Å². The van der Waals surface area contributed by atoms with E-state index in [-0.39, 0.29) is 12.5 Å². The zero-order valence-electron chi connectivity index (χ0n) is 14.7. The maximum absolute atomic E-state index is 11.9. The monoisotopic (exact) mass is 344 g/mol. The van der Waals surface area contributed by atoms with Gasteiger partial charge in [0.15, 0.2) is 0 Å². The van der Waals surface area contributed by atoms with Gasteiger partial charge in [-0.15, -0.1) is 0 Å². The van der Waals surface area contributed by atoms with Crippen LogP contribution in [0.2, 0.25) is 0 Å². The molecule has 1 saturated heterocycles. The number of rotatable bonds is 8. The first kappa shape index (κ1) is 18.0. The van der Waals surface area contributed by atoms with E-state index >= 15 is 0 Å². The highest BCUT2D eigenvalue weighted by Crippen LogP contribution is 2.26. The highest BCUT2D eigenvalue weighted by molar-refractivity contribution is 5.91. The molecule has 1 amide bonds. The smallest absolute Gasteiger partial charge is 0.243 e. The molecule has 0 aliphatic carbocycles. The van der Waals surface area contributed by atoms with Crippen molar-refractivity contribution in [2.45, 2.75) is 38.1 Å². The second kappa shape index (κ2) is 9.02. The lowest BCUT2D eigenvalue weighted by Crippen LogP contribution is -2.33. The van der Waals surface area contributed by atoms with Gasteiger partial charge in [-0.05, 0) is 68.1 Å². The third-order valence-electron chi connectivity index (χ3n) is 5.02. The number of aliphatic hydroxyl groups is 1. The molecule has 25 heavy (non-hydrogen) atoms. The molecule has 1 aromatic carbocycles. The van der Waals surface area contributed by atoms with Crippen molar-refractivity contribution >= 4 is 12.0 Å². The van der Waals surface area contributed by atoms with Crippen LogP contribution in [0.3, 0.4) is 0 Å². The van der Waals surface area contributed by atoms with Gasteiger partial charge in [0.2, 0.25) is 5.91 Å². The van der Waals surface area contributed by atoms with Gasteiger partial charge in [0.05, 0.1) is 13.2 Å². The number of nitrogens with one attached hydrogen (secondary N) is 1. The van der Waals surface area contributed by atoms with E-state index in [1.54, 1.807) is 6.08 Å². The molecule has 0 bridgehead atoms. The van der Waals surface area contributed by atoms with Gasteiger partial charge < -0.3 is 15.2 Å². The molecule has 136 valence electrons. The number of carbonyl (C=O) groups is 1. The van der Waals surface area contributed by atoms with Crippen molar-refractivity contribution in [2.24, 2.45) is 0 Å². The second-order valence-corrected chi connectivity index (χ2v) is 6.81. The fourth-order valence-electron chi connectivity index (χ4n) is 3.59. The molecule has 1 fully saturated rings. The average molecular weight is 344 g/mol. The normalized spacial score (nSPS) is 20.0. The molecule has 2 N–H and O–H groups in total. The molecule has 1 unspecified atom stereocenters. The van der Waals surface area contributed by atoms with Crippen molar-refractivity contribution in [3.05, 3.63) is 35.4 Å². The van der Waals surface area contributed by atoms with Gasteiger partial charge in [0.25, 0.3) is 0 Å². The largest absolute Gasteiger partial charge is 0.493 e. The third-order valence-corrected chi connectivity index (χ3v) is 5.02. The lowest BCUT2D eigenvalue weighted by Gasteiger charge is -2.22. The number of amides is 1. The number of hydrogen-bond donors (Lipinski definition) is 2. The van der Waals surface area contributed by atoms with Crippen molar-refractivity contribution in [3.8, 4) is 5.75 Å². The Bertz CT molecular complexity index is 615. The van der Waals surface area contributed by atoms with Crippen LogP contribution in [0.25, 0.3) is 6.08 Å². The lowest BCUT2D eigenvalue weighted by molar-refractivity contribution is -0.116. The molecule has 0 aromatic heterocycles. The zero-order chi connectivity index (χ0) is 17.5. The van der Waals surface area contributed by atoms with Crippen molar-refractivity contribution in [3.63, 3.8) is 0 Å². The minimum atomic E-state index is -0.0499. The van der Waals surface area contributed by atoms with Crippen LogP contribution in [0.1, 0.15) is 36.8 Å². The van der Waals surface area contributed by atoms with Gasteiger partial charge in [-0.1, -0.05) is 6.07 Å². The van der Waals surface area contributed by atoms with E-state index in [0.717, 1.165) is 56.7 Å². The number of benzene rings is 1. The predicted octanol–water partition coefficient (Wildman–Crippen LogP) is 1.99. The summed E-state index contributed by atoms with van der Waals surface area (Å²) in [6.07, 6.45) is 8.69. The zero-order valence-corrected chi connectivity index (χ0v) is 14.7. The average Bonchev–Trinajstić information content (AvgIpc) is 3.27. The van der Waals surface area contributed by atoms with Crippen molar-refractivity contribution in [1.29, 1.82) is 0 Å². The molecule has 0 spiro atoms. The number of unbranched alkanes of at least 4 members (excludes halogenated alkanes) is 1. The lowest BCUT2D eigenvalue weighted by atomic mass is 10.1. The topological polar surface area (TPSA) is 61.8 Å². The Morgan fingerprint density at radius 3 is 3.20 bits per heavy atom. The predicted molar refractivity (Wildman–Crippen MR) is 98.6 cm³/mol. The molecule has 5 nitrogen and oxygen atoms in total. The molecule has 2 aliphatic rings. The maximum Gasteiger partial charge on any atom is 0.243 e. The number of likely N-dealkylation sites (tertiary alicyclic amines) is 1. The Kier molecular flexibility index (Phi) is 6.48. The first-order chi connectivity index (χ1) is 12.3. The van der Waals surface area contributed by atoms with Crippen LogP contribution >= 0.6 is 0 Å². The van der Waals surface area contributed by atoms with E-state index in [9.17, 15) is 9.90 Å². The van der Waals surface area contributed by atoms with Gasteiger partial charge >= 0.3 is 0 Å². The summed E-state index contributed by atoms with van der Waals surface area (Å²) in [6, 6.07) is 6.37. The summed E-state index contributed by atoms with van der Waals surface area (Å²) >= 11 is 0. The summed E-state index contributed by atoms with van der Waals surface area (Å²) in [6.45, 7) is 3.80. The third kappa shape index (κ3) is 5.06. The fraction of sp³-hybridized carbons (Fsp3) is 0.550. The van der Waals surface area contributed by atoms with E-state index in [0.29, 0.717) is 12.6 Å². The van der Waals surface area contributed by atoms with Crippen LogP contribution in [-0.4, -0.2) is 54.8 Å². The Balaban J connectivity index is 1.33. The molecule has 3 rings (SSSR count). The Morgan fingerprint density at radius 2 is 2.32 bits per heavy atom. The molecule has 2 heterocycles. The molecule has 0 saturated carbocycles. The number of fused-ring (bicyclic) bond motifs is 1. The van der Waals surface area contributed by atoms with Gasteiger partial charge in [0, 0.05) is 25.1 Å². The van der Waals surface area contributed by atoms with Crippen molar-refractivity contribution in [1.82, 2.24) is 10.2 Å². The maximum atomic E-state index is 11.9. The second-order valence-electron chi connectivity index (χ2n) is 6.81. The summed E-state index contributed by atoms with van der Waals surface area (Å²) in [5.74, 6) is 0.911. The molecular weight excluding hydrogens is 316 g/mol. The summed E-state index contributed by atoms with van der Waals surface area (Å²) in [5.41, 5.74) is 2.24. The number of aliphatic hydroxyl groups excluding tert-OH is 1. The first-order valence-electron chi connectivity index (χ1n) is 9.33. The molecule has 2 aliphatic heterocycles. The van der Waals surface area contributed by atoms with Crippen LogP contribution in [0.15, 0.2) is 24.3 Å². The van der Waals surface area contributed by atoms with Crippen molar-refractivity contribution in [2.75, 3.05) is 32.8 Å². The van der Waals surface area contributed by atoms with E-state index in [1.165, 1.54) is 12.0 Å². The van der Waals surface area contributed by atoms with Gasteiger partial charge in [-0.25, -0.2) is 0 Å². The minimum absolute atomic E-state index is 0.0499. The van der Waals surface area contributed by atoms with Crippen LogP contribution in [-0.2, 0) is 11.2 Å². The standard InChI is InChI=1S/C20H28N2O3/c23-15-18-4-3-12-22(18)11-2-1-10-21-20(24)8-6-16-5-7-19-17(14-16)9-13-25-19/h5-8,14,18,23H,1-4,9-13,15H2,(H,21,24)/b8-6+. The summed E-state index contributed by atoms with van der Waals surface area (Å²) in [4.78, 5) is 14.3. The van der Waals surface area contributed by atoms with Crippen LogP contribution in [0, 0.1) is 0 Å². The molecule has 0 radical (unpaired) electrons. The van der Waals surface area contributed by atoms with Crippen molar-refractivity contribution < 1.29 is 14.6 Å². The van der Waals surface area contributed by atoms with Gasteiger partial charge in [-0.2, -0.15) is 0 Å². The SMILES string of the molecule is O=C(/C=C/c1ccc2c(c1)CCO2)NCCCCN1CCCC1CO. The number of ether oxygens (including phenoxy) is 1. The van der Waals surface area contributed by atoms with Gasteiger partial charge in [-0.3, -0.25) is 9.69 Å². The first-order valence-corrected chi connectivity index (χ1v) is 9.33. The summed E-state index contributed by atoms with van der Waals surface area (Å²) < 4.78 is 5.49. The van der Waals surface area contributed by atoms with Crippen LogP contribution in [0.5, 0.6) is 5.75 Å². The van der Waals surface area contributed by atoms with Crippen LogP contribution in [0.4, 0.5) is 0 Å². The Morgan fingerprint density at radius 1 is 1.40 bits per heavy atom.